The fourth-order valence-electron chi connectivity index (χ4n) is 2.43. The fourth-order valence-corrected chi connectivity index (χ4v) is 3.61. The Hall–Kier alpha value is -1.69. The monoisotopic (exact) mass is 290 g/mol. The number of carbonyl (C=O) groups excluding carboxylic acids is 1. The van der Waals surface area contributed by atoms with Crippen LogP contribution < -0.4 is 5.32 Å². The van der Waals surface area contributed by atoms with E-state index in [1.165, 1.54) is 11.3 Å². The van der Waals surface area contributed by atoms with E-state index >= 15 is 0 Å². The Labute approximate surface area is 122 Å². The van der Waals surface area contributed by atoms with E-state index in [0.29, 0.717) is 5.13 Å². The Morgan fingerprint density at radius 2 is 2.45 bits per heavy atom. The summed E-state index contributed by atoms with van der Waals surface area (Å²) in [6, 6.07) is 1.48. The summed E-state index contributed by atoms with van der Waals surface area (Å²) in [5, 5.41) is 7.72. The highest BCUT2D eigenvalue weighted by molar-refractivity contribution is 7.15. The summed E-state index contributed by atoms with van der Waals surface area (Å²) >= 11 is 1.61. The van der Waals surface area contributed by atoms with Crippen LogP contribution in [0.4, 0.5) is 5.13 Å². The zero-order chi connectivity index (χ0) is 14.1. The first-order valence-electron chi connectivity index (χ1n) is 6.92. The lowest BCUT2D eigenvalue weighted by Gasteiger charge is -2.15. The van der Waals surface area contributed by atoms with Crippen LogP contribution in [0.25, 0.3) is 0 Å². The van der Waals surface area contributed by atoms with Crippen molar-refractivity contribution in [2.24, 2.45) is 5.92 Å². The molecule has 2 aromatic heterocycles. The summed E-state index contributed by atoms with van der Waals surface area (Å²) < 4.78 is 1.64. The molecule has 1 aliphatic carbocycles. The Kier molecular flexibility index (Phi) is 3.56. The maximum atomic E-state index is 12.2. The molecule has 0 aromatic carbocycles. The Morgan fingerprint density at radius 1 is 1.60 bits per heavy atom. The van der Waals surface area contributed by atoms with Crippen molar-refractivity contribution in [1.29, 1.82) is 0 Å². The molecule has 20 heavy (non-hydrogen) atoms. The van der Waals surface area contributed by atoms with E-state index in [4.69, 9.17) is 0 Å². The van der Waals surface area contributed by atoms with E-state index in [9.17, 15) is 4.79 Å². The lowest BCUT2D eigenvalue weighted by molar-refractivity contribution is -0.119. The van der Waals surface area contributed by atoms with E-state index in [1.807, 2.05) is 13.0 Å². The summed E-state index contributed by atoms with van der Waals surface area (Å²) in [6.07, 6.45) is 6.76. The number of thiazole rings is 1. The number of anilines is 1. The third-order valence-electron chi connectivity index (χ3n) is 3.72. The van der Waals surface area contributed by atoms with Crippen LogP contribution in [-0.4, -0.2) is 20.7 Å². The number of rotatable bonds is 3. The molecule has 5 nitrogen and oxygen atoms in total. The second kappa shape index (κ2) is 5.36. The van der Waals surface area contributed by atoms with Crippen molar-refractivity contribution in [3.63, 3.8) is 0 Å². The summed E-state index contributed by atoms with van der Waals surface area (Å²) in [6.45, 7) is 4.10. The normalized spacial score (nSPS) is 19.4. The van der Waals surface area contributed by atoms with Crippen molar-refractivity contribution in [2.75, 3.05) is 5.32 Å². The van der Waals surface area contributed by atoms with Crippen LogP contribution >= 0.6 is 11.3 Å². The van der Waals surface area contributed by atoms with Gasteiger partial charge in [-0.15, -0.1) is 11.3 Å². The first-order valence-corrected chi connectivity index (χ1v) is 7.73. The molecule has 0 spiro atoms. The summed E-state index contributed by atoms with van der Waals surface area (Å²) in [5.41, 5.74) is 1.16. The molecule has 0 bridgehead atoms. The molecule has 0 saturated carbocycles. The summed E-state index contributed by atoms with van der Waals surface area (Å²) in [4.78, 5) is 18.1. The van der Waals surface area contributed by atoms with Crippen LogP contribution in [0.2, 0.25) is 0 Å². The zero-order valence-corrected chi connectivity index (χ0v) is 12.5. The van der Waals surface area contributed by atoms with E-state index < -0.39 is 0 Å². The standard InChI is InChI=1S/C14H18N4OS/c1-9-4-5-11-12(8-9)20-14(16-11)17-13(19)10(2)18-7-3-6-15-18/h3,6-7,9-10H,4-5,8H2,1-2H3,(H,16,17,19)/t9-,10+/m1/s1. The first kappa shape index (κ1) is 13.3. The first-order chi connectivity index (χ1) is 9.63. The highest BCUT2D eigenvalue weighted by atomic mass is 32.1. The number of nitrogens with one attached hydrogen (secondary N) is 1. The Bertz CT molecular complexity index is 605. The van der Waals surface area contributed by atoms with Gasteiger partial charge in [-0.1, -0.05) is 6.92 Å². The third kappa shape index (κ3) is 2.60. The van der Waals surface area contributed by atoms with Gasteiger partial charge in [-0.2, -0.15) is 5.10 Å². The van der Waals surface area contributed by atoms with Gasteiger partial charge in [-0.25, -0.2) is 4.98 Å². The molecular weight excluding hydrogens is 272 g/mol. The smallest absolute Gasteiger partial charge is 0.250 e. The predicted octanol–water partition coefficient (Wildman–Crippen LogP) is 2.66. The molecule has 2 aromatic rings. The number of fused-ring (bicyclic) bond motifs is 1. The number of aryl methyl sites for hydroxylation is 1. The van der Waals surface area contributed by atoms with E-state index in [1.54, 1.807) is 28.4 Å². The van der Waals surface area contributed by atoms with Crippen molar-refractivity contribution >= 4 is 22.4 Å². The Balaban J connectivity index is 1.70. The molecule has 0 fully saturated rings. The lowest BCUT2D eigenvalue weighted by Crippen LogP contribution is -2.23. The van der Waals surface area contributed by atoms with Crippen molar-refractivity contribution in [2.45, 2.75) is 39.2 Å². The maximum absolute atomic E-state index is 12.2. The summed E-state index contributed by atoms with van der Waals surface area (Å²) in [7, 11) is 0. The molecule has 2 heterocycles. The van der Waals surface area contributed by atoms with Gasteiger partial charge < -0.3 is 5.32 Å². The highest BCUT2D eigenvalue weighted by Gasteiger charge is 2.22. The maximum Gasteiger partial charge on any atom is 0.250 e. The van der Waals surface area contributed by atoms with Gasteiger partial charge in [0.15, 0.2) is 5.13 Å². The lowest BCUT2D eigenvalue weighted by atomic mass is 9.93. The van der Waals surface area contributed by atoms with Crippen LogP contribution in [0.3, 0.4) is 0 Å². The minimum atomic E-state index is -0.329. The minimum absolute atomic E-state index is 0.0761. The van der Waals surface area contributed by atoms with Crippen LogP contribution in [0.5, 0.6) is 0 Å². The predicted molar refractivity (Wildman–Crippen MR) is 78.9 cm³/mol. The molecule has 2 atom stereocenters. The zero-order valence-electron chi connectivity index (χ0n) is 11.7. The van der Waals surface area contributed by atoms with Gasteiger partial charge in [-0.05, 0) is 38.2 Å². The van der Waals surface area contributed by atoms with Crippen LogP contribution in [0.15, 0.2) is 18.5 Å². The molecule has 0 aliphatic heterocycles. The molecule has 0 radical (unpaired) electrons. The van der Waals surface area contributed by atoms with E-state index in [0.717, 1.165) is 24.5 Å². The molecule has 106 valence electrons. The Morgan fingerprint density at radius 3 is 3.20 bits per heavy atom. The van der Waals surface area contributed by atoms with E-state index in [-0.39, 0.29) is 11.9 Å². The second-order valence-corrected chi connectivity index (χ2v) is 6.47. The molecule has 1 aliphatic rings. The molecule has 6 heteroatoms. The number of hydrogen-bond donors (Lipinski definition) is 1. The SMILES string of the molecule is C[C@@H]1CCc2nc(NC(=O)[C@H](C)n3cccn3)sc2C1. The van der Waals surface area contributed by atoms with Gasteiger partial charge in [0.2, 0.25) is 0 Å². The van der Waals surface area contributed by atoms with Crippen molar-refractivity contribution in [3.8, 4) is 0 Å². The number of carbonyl (C=O) groups is 1. The van der Waals surface area contributed by atoms with E-state index in [2.05, 4.69) is 22.3 Å². The molecule has 1 amide bonds. The third-order valence-corrected chi connectivity index (χ3v) is 4.75. The van der Waals surface area contributed by atoms with Crippen molar-refractivity contribution < 1.29 is 4.79 Å². The number of nitrogens with zero attached hydrogens (tertiary/aromatic N) is 3. The van der Waals surface area contributed by atoms with Gasteiger partial charge in [0.1, 0.15) is 6.04 Å². The van der Waals surface area contributed by atoms with Gasteiger partial charge in [0.05, 0.1) is 5.69 Å². The van der Waals surface area contributed by atoms with Crippen molar-refractivity contribution in [3.05, 3.63) is 29.0 Å². The van der Waals surface area contributed by atoms with Crippen molar-refractivity contribution in [1.82, 2.24) is 14.8 Å². The summed E-state index contributed by atoms with van der Waals surface area (Å²) in [5.74, 6) is 0.641. The minimum Gasteiger partial charge on any atom is -0.300 e. The number of aromatic nitrogens is 3. The van der Waals surface area contributed by atoms with Gasteiger partial charge in [0.25, 0.3) is 5.91 Å². The van der Waals surface area contributed by atoms with Crippen LogP contribution in [-0.2, 0) is 17.6 Å². The van der Waals surface area contributed by atoms with Gasteiger partial charge in [-0.3, -0.25) is 9.48 Å². The number of amides is 1. The van der Waals surface area contributed by atoms with Crippen LogP contribution in [0, 0.1) is 5.92 Å². The second-order valence-electron chi connectivity index (χ2n) is 5.39. The molecule has 3 rings (SSSR count). The number of hydrogen-bond acceptors (Lipinski definition) is 4. The van der Waals surface area contributed by atoms with Crippen LogP contribution in [0.1, 0.15) is 36.9 Å². The fraction of sp³-hybridized carbons (Fsp3) is 0.500. The molecule has 1 N–H and O–H groups in total. The average molecular weight is 290 g/mol. The topological polar surface area (TPSA) is 59.8 Å². The average Bonchev–Trinajstić information content (AvgIpc) is 3.05. The largest absolute Gasteiger partial charge is 0.300 e. The molecule has 0 unspecified atom stereocenters. The highest BCUT2D eigenvalue weighted by Crippen LogP contribution is 2.32. The molecular formula is C14H18N4OS. The van der Waals surface area contributed by atoms with Gasteiger partial charge in [0, 0.05) is 17.3 Å². The quantitative estimate of drug-likeness (QED) is 0.945. The van der Waals surface area contributed by atoms with Gasteiger partial charge >= 0.3 is 0 Å². The molecule has 0 saturated heterocycles.